The fourth-order valence-electron chi connectivity index (χ4n) is 3.90. The van der Waals surface area contributed by atoms with Gasteiger partial charge in [0.2, 0.25) is 5.95 Å². The van der Waals surface area contributed by atoms with E-state index in [2.05, 4.69) is 24.8 Å². The maximum atomic E-state index is 13.2. The Labute approximate surface area is 178 Å². The van der Waals surface area contributed by atoms with Crippen LogP contribution in [0.2, 0.25) is 0 Å². The zero-order valence-corrected chi connectivity index (χ0v) is 17.3. The summed E-state index contributed by atoms with van der Waals surface area (Å²) in [6.45, 7) is 6.55. The van der Waals surface area contributed by atoms with Gasteiger partial charge in [-0.1, -0.05) is 6.07 Å². The van der Waals surface area contributed by atoms with Crippen molar-refractivity contribution in [1.29, 1.82) is 0 Å². The molecule has 0 spiro atoms. The Morgan fingerprint density at radius 1 is 1.10 bits per heavy atom. The third-order valence-electron chi connectivity index (χ3n) is 5.64. The summed E-state index contributed by atoms with van der Waals surface area (Å²) in [4.78, 5) is 31.9. The van der Waals surface area contributed by atoms with E-state index in [-0.39, 0.29) is 11.3 Å². The van der Waals surface area contributed by atoms with Crippen molar-refractivity contribution in [1.82, 2.24) is 24.5 Å². The van der Waals surface area contributed by atoms with Gasteiger partial charge in [0.25, 0.3) is 5.56 Å². The second kappa shape index (κ2) is 7.51. The van der Waals surface area contributed by atoms with E-state index in [1.165, 1.54) is 10.9 Å². The summed E-state index contributed by atoms with van der Waals surface area (Å²) in [5.41, 5.74) is 3.91. The molecule has 1 aliphatic heterocycles. The Kier molecular flexibility index (Phi) is 4.67. The third-order valence-corrected chi connectivity index (χ3v) is 5.64. The SMILES string of the molecule is Cc1ccc(O)c(C)c1-n1cnc2[nH]c(-c3cnc(N4CCOCC4)nc3)cc2c1=O. The van der Waals surface area contributed by atoms with Crippen LogP contribution in [0, 0.1) is 13.8 Å². The number of aromatic nitrogens is 5. The van der Waals surface area contributed by atoms with Crippen LogP contribution in [0.1, 0.15) is 11.1 Å². The number of phenols is 1. The van der Waals surface area contributed by atoms with Crippen LogP contribution in [0.15, 0.2) is 41.7 Å². The largest absolute Gasteiger partial charge is 0.508 e. The maximum absolute atomic E-state index is 13.2. The van der Waals surface area contributed by atoms with Gasteiger partial charge in [-0.3, -0.25) is 9.36 Å². The van der Waals surface area contributed by atoms with Gasteiger partial charge in [-0.25, -0.2) is 15.0 Å². The van der Waals surface area contributed by atoms with Gasteiger partial charge in [0.05, 0.1) is 30.0 Å². The number of morpholine rings is 1. The molecule has 5 rings (SSSR count). The van der Waals surface area contributed by atoms with E-state index in [1.54, 1.807) is 37.5 Å². The van der Waals surface area contributed by atoms with Crippen molar-refractivity contribution in [2.75, 3.05) is 31.2 Å². The minimum Gasteiger partial charge on any atom is -0.508 e. The minimum atomic E-state index is -0.213. The molecule has 0 aliphatic carbocycles. The summed E-state index contributed by atoms with van der Waals surface area (Å²) < 4.78 is 6.84. The van der Waals surface area contributed by atoms with Crippen LogP contribution in [0.5, 0.6) is 5.75 Å². The number of ether oxygens (including phenoxy) is 1. The van der Waals surface area contributed by atoms with Crippen LogP contribution < -0.4 is 10.5 Å². The molecule has 4 aromatic rings. The van der Waals surface area contributed by atoms with E-state index in [0.717, 1.165) is 29.9 Å². The highest BCUT2D eigenvalue weighted by Gasteiger charge is 2.17. The van der Waals surface area contributed by atoms with Crippen LogP contribution in [-0.2, 0) is 4.74 Å². The smallest absolute Gasteiger partial charge is 0.267 e. The molecule has 0 unspecified atom stereocenters. The quantitative estimate of drug-likeness (QED) is 0.525. The molecule has 9 heteroatoms. The summed E-state index contributed by atoms with van der Waals surface area (Å²) in [6.07, 6.45) is 4.97. The van der Waals surface area contributed by atoms with Gasteiger partial charge in [-0.2, -0.15) is 0 Å². The molecule has 2 N–H and O–H groups in total. The normalized spacial score (nSPS) is 14.3. The summed E-state index contributed by atoms with van der Waals surface area (Å²) in [7, 11) is 0. The lowest BCUT2D eigenvalue weighted by molar-refractivity contribution is 0.122. The fourth-order valence-corrected chi connectivity index (χ4v) is 3.90. The van der Waals surface area contributed by atoms with Crippen LogP contribution in [-0.4, -0.2) is 55.9 Å². The number of aromatic hydroxyl groups is 1. The summed E-state index contributed by atoms with van der Waals surface area (Å²) in [5.74, 6) is 0.804. The summed E-state index contributed by atoms with van der Waals surface area (Å²) >= 11 is 0. The molecule has 158 valence electrons. The number of aryl methyl sites for hydroxylation is 1. The molecule has 1 aliphatic rings. The standard InChI is InChI=1S/C22H22N6O3/c1-13-3-4-18(29)14(2)19(13)28-12-25-20-16(21(28)30)9-17(26-20)15-10-23-22(24-11-15)27-5-7-31-8-6-27/h3-4,9-12,26,29H,5-8H2,1-2H3. The van der Waals surface area contributed by atoms with Crippen molar-refractivity contribution >= 4 is 17.0 Å². The predicted octanol–water partition coefficient (Wildman–Crippen LogP) is 2.33. The Morgan fingerprint density at radius 2 is 1.84 bits per heavy atom. The van der Waals surface area contributed by atoms with Crippen LogP contribution >= 0.6 is 0 Å². The lowest BCUT2D eigenvalue weighted by Crippen LogP contribution is -2.37. The Morgan fingerprint density at radius 3 is 2.58 bits per heavy atom. The van der Waals surface area contributed by atoms with Crippen LogP contribution in [0.4, 0.5) is 5.95 Å². The topological polar surface area (TPSA) is 109 Å². The van der Waals surface area contributed by atoms with Crippen molar-refractivity contribution in [3.8, 4) is 22.7 Å². The number of H-pyrrole nitrogens is 1. The van der Waals surface area contributed by atoms with Gasteiger partial charge in [0.15, 0.2) is 0 Å². The third kappa shape index (κ3) is 3.32. The Bertz CT molecular complexity index is 1320. The maximum Gasteiger partial charge on any atom is 0.267 e. The highest BCUT2D eigenvalue weighted by atomic mass is 16.5. The molecule has 0 amide bonds. The van der Waals surface area contributed by atoms with Crippen molar-refractivity contribution in [3.63, 3.8) is 0 Å². The van der Waals surface area contributed by atoms with Crippen molar-refractivity contribution in [3.05, 3.63) is 58.4 Å². The molecule has 1 saturated heterocycles. The number of aromatic amines is 1. The van der Waals surface area contributed by atoms with E-state index in [4.69, 9.17) is 4.74 Å². The molecular formula is C22H22N6O3. The average molecular weight is 418 g/mol. The lowest BCUT2D eigenvalue weighted by atomic mass is 10.1. The Balaban J connectivity index is 1.54. The van der Waals surface area contributed by atoms with E-state index in [0.29, 0.717) is 41.4 Å². The highest BCUT2D eigenvalue weighted by molar-refractivity contribution is 5.82. The lowest BCUT2D eigenvalue weighted by Gasteiger charge is -2.26. The molecule has 0 atom stereocenters. The van der Waals surface area contributed by atoms with Gasteiger partial charge in [-0.05, 0) is 31.5 Å². The number of rotatable bonds is 3. The van der Waals surface area contributed by atoms with Crippen molar-refractivity contribution < 1.29 is 9.84 Å². The van der Waals surface area contributed by atoms with Crippen molar-refractivity contribution in [2.45, 2.75) is 13.8 Å². The molecule has 1 aromatic carbocycles. The first-order valence-corrected chi connectivity index (χ1v) is 10.1. The summed E-state index contributed by atoms with van der Waals surface area (Å²) in [5, 5.41) is 10.5. The number of nitrogens with zero attached hydrogens (tertiary/aromatic N) is 5. The highest BCUT2D eigenvalue weighted by Crippen LogP contribution is 2.27. The molecule has 4 heterocycles. The first-order chi connectivity index (χ1) is 15.0. The van der Waals surface area contributed by atoms with Gasteiger partial charge in [0.1, 0.15) is 17.7 Å². The zero-order valence-electron chi connectivity index (χ0n) is 17.3. The number of hydrogen-bond acceptors (Lipinski definition) is 7. The molecule has 1 fully saturated rings. The Hall–Kier alpha value is -3.72. The summed E-state index contributed by atoms with van der Waals surface area (Å²) in [6, 6.07) is 5.17. The molecule has 31 heavy (non-hydrogen) atoms. The van der Waals surface area contributed by atoms with Gasteiger partial charge in [-0.15, -0.1) is 0 Å². The molecule has 0 bridgehead atoms. The first-order valence-electron chi connectivity index (χ1n) is 10.1. The van der Waals surface area contributed by atoms with Gasteiger partial charge < -0.3 is 19.7 Å². The number of benzene rings is 1. The molecular weight excluding hydrogens is 396 g/mol. The second-order valence-corrected chi connectivity index (χ2v) is 7.61. The fraction of sp³-hybridized carbons (Fsp3) is 0.273. The van der Waals surface area contributed by atoms with Gasteiger partial charge >= 0.3 is 0 Å². The number of fused-ring (bicyclic) bond motifs is 1. The zero-order chi connectivity index (χ0) is 21.5. The monoisotopic (exact) mass is 418 g/mol. The van der Waals surface area contributed by atoms with Crippen LogP contribution in [0.3, 0.4) is 0 Å². The molecule has 0 saturated carbocycles. The number of nitrogens with one attached hydrogen (secondary N) is 1. The molecule has 0 radical (unpaired) electrons. The van der Waals surface area contributed by atoms with E-state index < -0.39 is 0 Å². The van der Waals surface area contributed by atoms with E-state index in [9.17, 15) is 9.90 Å². The van der Waals surface area contributed by atoms with Crippen LogP contribution in [0.25, 0.3) is 28.0 Å². The van der Waals surface area contributed by atoms with Crippen molar-refractivity contribution in [2.24, 2.45) is 0 Å². The average Bonchev–Trinajstić information content (AvgIpc) is 3.24. The number of phenolic OH excluding ortho intramolecular Hbond substituents is 1. The van der Waals surface area contributed by atoms with E-state index >= 15 is 0 Å². The molecule has 9 nitrogen and oxygen atoms in total. The molecule has 3 aromatic heterocycles. The number of hydrogen-bond donors (Lipinski definition) is 2. The van der Waals surface area contributed by atoms with E-state index in [1.807, 2.05) is 6.92 Å². The first kappa shape index (κ1) is 19.3. The second-order valence-electron chi connectivity index (χ2n) is 7.61. The minimum absolute atomic E-state index is 0.139. The van der Waals surface area contributed by atoms with Gasteiger partial charge in [0, 0.05) is 36.6 Å². The predicted molar refractivity (Wildman–Crippen MR) is 117 cm³/mol. The number of anilines is 1.